The van der Waals surface area contributed by atoms with Crippen LogP contribution in [0.3, 0.4) is 0 Å². The van der Waals surface area contributed by atoms with Crippen molar-refractivity contribution in [3.63, 3.8) is 0 Å². The van der Waals surface area contributed by atoms with Gasteiger partial charge in [0.05, 0.1) is 11.4 Å². The molecular formula is C14H10FN3OS. The number of nitrogens with zero attached hydrogens (tertiary/aromatic N) is 3. The number of benzene rings is 1. The molecule has 3 aromatic rings. The van der Waals surface area contributed by atoms with Gasteiger partial charge in [-0.05, 0) is 17.5 Å². The molecule has 0 unspecified atom stereocenters. The first-order chi connectivity index (χ1) is 9.79. The van der Waals surface area contributed by atoms with E-state index in [0.29, 0.717) is 17.5 Å². The molecule has 3 rings (SSSR count). The largest absolute Gasteiger partial charge is 0.296 e. The van der Waals surface area contributed by atoms with Crippen molar-refractivity contribution in [1.82, 2.24) is 15.0 Å². The van der Waals surface area contributed by atoms with Gasteiger partial charge in [0, 0.05) is 5.56 Å². The Morgan fingerprint density at radius 1 is 1.25 bits per heavy atom. The third kappa shape index (κ3) is 2.25. The second kappa shape index (κ2) is 5.34. The molecule has 0 spiro atoms. The van der Waals surface area contributed by atoms with Gasteiger partial charge < -0.3 is 0 Å². The molecule has 6 heteroatoms. The smallest absolute Gasteiger partial charge is 0.172 e. The van der Waals surface area contributed by atoms with E-state index in [4.69, 9.17) is 0 Å². The van der Waals surface area contributed by atoms with Crippen LogP contribution in [-0.4, -0.2) is 21.3 Å². The second-order valence-electron chi connectivity index (χ2n) is 4.17. The zero-order valence-corrected chi connectivity index (χ0v) is 11.2. The van der Waals surface area contributed by atoms with E-state index in [9.17, 15) is 9.18 Å². The topological polar surface area (TPSA) is 47.8 Å². The summed E-state index contributed by atoms with van der Waals surface area (Å²) < 4.78 is 15.3. The zero-order valence-electron chi connectivity index (χ0n) is 10.4. The molecule has 0 saturated carbocycles. The molecule has 0 fully saturated rings. The van der Waals surface area contributed by atoms with Gasteiger partial charge in [0.15, 0.2) is 12.0 Å². The number of hydrogen-bond donors (Lipinski definition) is 0. The van der Waals surface area contributed by atoms with Crippen molar-refractivity contribution in [3.05, 3.63) is 58.9 Å². The molecule has 1 aromatic carbocycles. The third-order valence-corrected chi connectivity index (χ3v) is 3.78. The molecule has 2 heterocycles. The average molecular weight is 287 g/mol. The van der Waals surface area contributed by atoms with Crippen LogP contribution in [-0.2, 0) is 6.54 Å². The van der Waals surface area contributed by atoms with Crippen LogP contribution in [0.5, 0.6) is 0 Å². The van der Waals surface area contributed by atoms with E-state index in [1.807, 2.05) is 17.5 Å². The second-order valence-corrected chi connectivity index (χ2v) is 5.12. The predicted octanol–water partition coefficient (Wildman–Crippen LogP) is 3.01. The summed E-state index contributed by atoms with van der Waals surface area (Å²) in [5, 5.41) is 9.71. The lowest BCUT2D eigenvalue weighted by atomic mass is 10.2. The van der Waals surface area contributed by atoms with Crippen LogP contribution in [0.2, 0.25) is 0 Å². The third-order valence-electron chi connectivity index (χ3n) is 2.91. The number of carbonyl (C=O) groups excluding carboxylic acids is 1. The SMILES string of the molecule is O=Cc1nnn(Cc2ccccc2F)c1-c1cccs1. The molecule has 2 aromatic heterocycles. The maximum Gasteiger partial charge on any atom is 0.172 e. The first-order valence-electron chi connectivity index (χ1n) is 5.95. The normalized spacial score (nSPS) is 10.7. The number of aldehydes is 1. The molecule has 20 heavy (non-hydrogen) atoms. The van der Waals surface area contributed by atoms with E-state index in [0.717, 1.165) is 4.88 Å². The minimum Gasteiger partial charge on any atom is -0.296 e. The van der Waals surface area contributed by atoms with Crippen molar-refractivity contribution in [1.29, 1.82) is 0 Å². The van der Waals surface area contributed by atoms with Crippen LogP contribution in [0.25, 0.3) is 10.6 Å². The lowest BCUT2D eigenvalue weighted by Gasteiger charge is -2.06. The minimum absolute atomic E-state index is 0.237. The number of aromatic nitrogens is 3. The molecule has 4 nitrogen and oxygen atoms in total. The Hall–Kier alpha value is -2.34. The fourth-order valence-electron chi connectivity index (χ4n) is 1.97. The Bertz CT molecular complexity index is 737. The Kier molecular flexibility index (Phi) is 3.39. The van der Waals surface area contributed by atoms with Gasteiger partial charge in [0.25, 0.3) is 0 Å². The highest BCUT2D eigenvalue weighted by molar-refractivity contribution is 7.13. The summed E-state index contributed by atoms with van der Waals surface area (Å²) in [7, 11) is 0. The Morgan fingerprint density at radius 2 is 2.10 bits per heavy atom. The van der Waals surface area contributed by atoms with Crippen molar-refractivity contribution in [3.8, 4) is 10.6 Å². The highest BCUT2D eigenvalue weighted by Crippen LogP contribution is 2.27. The van der Waals surface area contributed by atoms with Crippen LogP contribution in [0, 0.1) is 5.82 Å². The Morgan fingerprint density at radius 3 is 2.80 bits per heavy atom. The zero-order chi connectivity index (χ0) is 13.9. The Balaban J connectivity index is 2.05. The van der Waals surface area contributed by atoms with Gasteiger partial charge in [-0.3, -0.25) is 4.79 Å². The van der Waals surface area contributed by atoms with Crippen LogP contribution >= 0.6 is 11.3 Å². The Labute approximate surface area is 118 Å². The van der Waals surface area contributed by atoms with Gasteiger partial charge in [-0.2, -0.15) is 0 Å². The lowest BCUT2D eigenvalue weighted by Crippen LogP contribution is -2.05. The first kappa shape index (κ1) is 12.7. The summed E-state index contributed by atoms with van der Waals surface area (Å²) in [5.74, 6) is -0.298. The van der Waals surface area contributed by atoms with Crippen LogP contribution in [0.4, 0.5) is 4.39 Å². The summed E-state index contributed by atoms with van der Waals surface area (Å²) >= 11 is 1.49. The fraction of sp³-hybridized carbons (Fsp3) is 0.0714. The standard InChI is InChI=1S/C14H10FN3OS/c15-11-5-2-1-4-10(11)8-18-14(12(9-19)16-17-18)13-6-3-7-20-13/h1-7,9H,8H2. The lowest BCUT2D eigenvalue weighted by molar-refractivity contribution is 0.111. The van der Waals surface area contributed by atoms with Crippen LogP contribution in [0.15, 0.2) is 41.8 Å². The van der Waals surface area contributed by atoms with Crippen LogP contribution in [0.1, 0.15) is 16.1 Å². The number of halogens is 1. The summed E-state index contributed by atoms with van der Waals surface area (Å²) in [6, 6.07) is 10.3. The number of rotatable bonds is 4. The summed E-state index contributed by atoms with van der Waals surface area (Å²) in [5.41, 5.74) is 1.40. The summed E-state index contributed by atoms with van der Waals surface area (Å²) in [6.07, 6.45) is 0.667. The maximum absolute atomic E-state index is 13.7. The molecule has 0 radical (unpaired) electrons. The average Bonchev–Trinajstić information content (AvgIpc) is 3.09. The molecule has 0 bridgehead atoms. The van der Waals surface area contributed by atoms with Gasteiger partial charge in [-0.15, -0.1) is 16.4 Å². The monoisotopic (exact) mass is 287 g/mol. The minimum atomic E-state index is -0.298. The van der Waals surface area contributed by atoms with Crippen LogP contribution < -0.4 is 0 Å². The van der Waals surface area contributed by atoms with E-state index in [1.165, 1.54) is 17.4 Å². The van der Waals surface area contributed by atoms with E-state index < -0.39 is 0 Å². The number of thiophene rings is 1. The van der Waals surface area contributed by atoms with Crippen molar-refractivity contribution < 1.29 is 9.18 Å². The van der Waals surface area contributed by atoms with Gasteiger partial charge in [0.2, 0.25) is 0 Å². The first-order valence-corrected chi connectivity index (χ1v) is 6.83. The van der Waals surface area contributed by atoms with Crippen molar-refractivity contribution >= 4 is 17.6 Å². The molecule has 0 amide bonds. The highest BCUT2D eigenvalue weighted by Gasteiger charge is 2.16. The van der Waals surface area contributed by atoms with Crippen molar-refractivity contribution in [2.45, 2.75) is 6.54 Å². The molecular weight excluding hydrogens is 277 g/mol. The molecule has 0 saturated heterocycles. The van der Waals surface area contributed by atoms with Crippen molar-refractivity contribution in [2.24, 2.45) is 0 Å². The molecule has 0 N–H and O–H groups in total. The number of carbonyl (C=O) groups is 1. The highest BCUT2D eigenvalue weighted by atomic mass is 32.1. The van der Waals surface area contributed by atoms with E-state index in [1.54, 1.807) is 22.9 Å². The maximum atomic E-state index is 13.7. The quantitative estimate of drug-likeness (QED) is 0.693. The van der Waals surface area contributed by atoms with Gasteiger partial charge >= 0.3 is 0 Å². The molecule has 0 atom stereocenters. The molecule has 0 aliphatic rings. The van der Waals surface area contributed by atoms with Gasteiger partial charge in [-0.1, -0.05) is 29.5 Å². The molecule has 0 aliphatic carbocycles. The fourth-order valence-corrected chi connectivity index (χ4v) is 2.75. The number of hydrogen-bond acceptors (Lipinski definition) is 4. The van der Waals surface area contributed by atoms with E-state index in [-0.39, 0.29) is 18.1 Å². The van der Waals surface area contributed by atoms with E-state index in [2.05, 4.69) is 10.3 Å². The predicted molar refractivity (Wildman–Crippen MR) is 74.2 cm³/mol. The van der Waals surface area contributed by atoms with Crippen molar-refractivity contribution in [2.75, 3.05) is 0 Å². The summed E-state index contributed by atoms with van der Waals surface area (Å²) in [6.45, 7) is 0.237. The molecule has 100 valence electrons. The van der Waals surface area contributed by atoms with Gasteiger partial charge in [0.1, 0.15) is 11.5 Å². The molecule has 0 aliphatic heterocycles. The summed E-state index contributed by atoms with van der Waals surface area (Å²) in [4.78, 5) is 12.0. The van der Waals surface area contributed by atoms with E-state index >= 15 is 0 Å². The van der Waals surface area contributed by atoms with Gasteiger partial charge in [-0.25, -0.2) is 9.07 Å².